The van der Waals surface area contributed by atoms with Crippen LogP contribution in [0, 0.1) is 11.8 Å². The molecule has 11 heteroatoms. The Morgan fingerprint density at radius 2 is 1.75 bits per heavy atom. The molecule has 7 atom stereocenters. The minimum absolute atomic E-state index is 0.0903. The largest absolute Gasteiger partial charge is 0.463 e. The summed E-state index contributed by atoms with van der Waals surface area (Å²) in [6.07, 6.45) is 4.66. The van der Waals surface area contributed by atoms with Crippen LogP contribution in [0.25, 0.3) is 0 Å². The average Bonchev–Trinajstić information content (AvgIpc) is 3.80. The summed E-state index contributed by atoms with van der Waals surface area (Å²) in [7, 11) is 0. The number of nitrogens with one attached hydrogen (secondary N) is 1. The van der Waals surface area contributed by atoms with E-state index >= 15 is 0 Å². The first-order chi connectivity index (χ1) is 24.7. The molecule has 3 fully saturated rings. The molecule has 2 aromatic carbocycles. The lowest BCUT2D eigenvalue weighted by atomic mass is 9.70. The van der Waals surface area contributed by atoms with Crippen molar-refractivity contribution in [2.75, 3.05) is 42.6 Å². The molecule has 0 aromatic heterocycles. The van der Waals surface area contributed by atoms with Gasteiger partial charge in [0.1, 0.15) is 18.2 Å². The second-order valence-corrected chi connectivity index (χ2v) is 13.5. The zero-order valence-electron chi connectivity index (χ0n) is 30.0. The van der Waals surface area contributed by atoms with E-state index < -0.39 is 53.5 Å². The van der Waals surface area contributed by atoms with Crippen LogP contribution in [0.1, 0.15) is 64.5 Å². The van der Waals surface area contributed by atoms with E-state index in [1.165, 1.54) is 4.90 Å². The van der Waals surface area contributed by atoms with Gasteiger partial charge in [-0.2, -0.15) is 0 Å². The number of benzene rings is 2. The van der Waals surface area contributed by atoms with Gasteiger partial charge in [0.25, 0.3) is 5.91 Å². The van der Waals surface area contributed by atoms with Crippen LogP contribution >= 0.6 is 0 Å². The van der Waals surface area contributed by atoms with Gasteiger partial charge >= 0.3 is 5.97 Å². The average molecular weight is 701 g/mol. The van der Waals surface area contributed by atoms with Crippen molar-refractivity contribution in [2.24, 2.45) is 11.8 Å². The number of amides is 3. The molecule has 274 valence electrons. The molecule has 3 saturated heterocycles. The summed E-state index contributed by atoms with van der Waals surface area (Å²) in [4.78, 5) is 61.6. The highest BCUT2D eigenvalue weighted by Gasteiger charge is 2.75. The normalized spacial score (nSPS) is 24.4. The lowest BCUT2D eigenvalue weighted by Gasteiger charge is -2.39. The van der Waals surface area contributed by atoms with Crippen LogP contribution in [0.3, 0.4) is 0 Å². The molecule has 11 nitrogen and oxygen atoms in total. The van der Waals surface area contributed by atoms with Gasteiger partial charge in [0.2, 0.25) is 11.8 Å². The maximum absolute atomic E-state index is 14.9. The zero-order chi connectivity index (χ0) is 36.7. The number of allylic oxidation sites excluding steroid dienone is 1. The monoisotopic (exact) mass is 700 g/mol. The minimum atomic E-state index is -1.26. The van der Waals surface area contributed by atoms with Gasteiger partial charge in [-0.3, -0.25) is 19.2 Å². The van der Waals surface area contributed by atoms with E-state index in [9.17, 15) is 24.3 Å². The second kappa shape index (κ2) is 16.7. The van der Waals surface area contributed by atoms with Crippen LogP contribution in [0.5, 0.6) is 0 Å². The number of nitrogens with zero attached hydrogens (tertiary/aromatic N) is 3. The Kier molecular flexibility index (Phi) is 12.4. The molecule has 3 amide bonds. The summed E-state index contributed by atoms with van der Waals surface area (Å²) in [5.74, 6) is -3.35. The van der Waals surface area contributed by atoms with E-state index in [2.05, 4.69) is 37.2 Å². The number of aliphatic hydroxyl groups is 1. The van der Waals surface area contributed by atoms with Gasteiger partial charge in [-0.05, 0) is 69.4 Å². The molecule has 0 radical (unpaired) electrons. The third kappa shape index (κ3) is 7.32. The molecule has 0 saturated carbocycles. The van der Waals surface area contributed by atoms with Crippen LogP contribution < -0.4 is 15.1 Å². The van der Waals surface area contributed by atoms with Crippen molar-refractivity contribution in [3.05, 3.63) is 85.5 Å². The molecule has 0 unspecified atom stereocenters. The maximum atomic E-state index is 14.9. The first-order valence-electron chi connectivity index (χ1n) is 18.2. The van der Waals surface area contributed by atoms with Gasteiger partial charge < -0.3 is 34.6 Å². The van der Waals surface area contributed by atoms with Crippen molar-refractivity contribution in [1.29, 1.82) is 0 Å². The Hall–Kier alpha value is -4.48. The number of rotatable bonds is 18. The lowest BCUT2D eigenvalue weighted by molar-refractivity contribution is -0.146. The minimum Gasteiger partial charge on any atom is -0.463 e. The van der Waals surface area contributed by atoms with Crippen molar-refractivity contribution in [3.63, 3.8) is 0 Å². The quantitative estimate of drug-likeness (QED) is 0.171. The summed E-state index contributed by atoms with van der Waals surface area (Å²) in [5.41, 5.74) is 1.16. The lowest BCUT2D eigenvalue weighted by Crippen LogP contribution is -2.59. The van der Waals surface area contributed by atoms with Gasteiger partial charge in [0, 0.05) is 37.4 Å². The fourth-order valence-electron chi connectivity index (χ4n) is 8.15. The SMILES string of the molecule is C=CCCC(=O)OC[C@@H](NC(=O)[C@@H]1[C@H]2C(=O)N([C@@H](CC)CO)[C@H](C(=O)N(CC=C)c3ccc(N(CC)CC)cc3)[C@]23CC[C@H]1O3)c1ccccc1. The molecule has 51 heavy (non-hydrogen) atoms. The number of anilines is 2. The maximum Gasteiger partial charge on any atom is 0.306 e. The third-order valence-corrected chi connectivity index (χ3v) is 10.7. The number of esters is 1. The molecule has 2 N–H and O–H groups in total. The number of aliphatic hydroxyl groups excluding tert-OH is 1. The van der Waals surface area contributed by atoms with Crippen molar-refractivity contribution < 1.29 is 33.8 Å². The molecular weight excluding hydrogens is 648 g/mol. The van der Waals surface area contributed by atoms with E-state index in [0.29, 0.717) is 31.4 Å². The Labute approximate surface area is 301 Å². The highest BCUT2D eigenvalue weighted by atomic mass is 16.5. The Bertz CT molecular complexity index is 1560. The predicted molar refractivity (Wildman–Crippen MR) is 196 cm³/mol. The van der Waals surface area contributed by atoms with Crippen molar-refractivity contribution in [1.82, 2.24) is 10.2 Å². The fourth-order valence-corrected chi connectivity index (χ4v) is 8.15. The standard InChI is InChI=1S/C40H52N4O7/c1-6-11-17-33(46)50-26-31(27-15-13-12-14-16-27)41-37(47)34-32-22-23-40(51-32)35(34)38(48)44(28(8-3)25-45)36(40)39(49)43(24-7-2)30-20-18-29(19-21-30)42(9-4)10-5/h6-7,12-16,18-21,28,31-32,34-36,45H,1-2,8-11,17,22-26H2,3-5H3,(H,41,47)/t28-,31+,32+,34-,35-,36+,40-/m0/s1. The molecule has 2 bridgehead atoms. The highest BCUT2D eigenvalue weighted by Crippen LogP contribution is 2.59. The Balaban J connectivity index is 1.47. The van der Waals surface area contributed by atoms with Gasteiger partial charge in [0.05, 0.1) is 36.6 Å². The number of likely N-dealkylation sites (tertiary alicyclic amines) is 1. The Morgan fingerprint density at radius 3 is 2.35 bits per heavy atom. The Morgan fingerprint density at radius 1 is 1.06 bits per heavy atom. The third-order valence-electron chi connectivity index (χ3n) is 10.7. The van der Waals surface area contributed by atoms with E-state index in [0.717, 1.165) is 24.3 Å². The van der Waals surface area contributed by atoms with Crippen molar-refractivity contribution >= 4 is 35.1 Å². The molecule has 3 aliphatic rings. The predicted octanol–water partition coefficient (Wildman–Crippen LogP) is 4.56. The fraction of sp³-hybridized carbons (Fsp3) is 0.500. The topological polar surface area (TPSA) is 129 Å². The van der Waals surface area contributed by atoms with E-state index in [4.69, 9.17) is 9.47 Å². The van der Waals surface area contributed by atoms with Gasteiger partial charge in [-0.15, -0.1) is 13.2 Å². The summed E-state index contributed by atoms with van der Waals surface area (Å²) in [5, 5.41) is 13.6. The van der Waals surface area contributed by atoms with Crippen LogP contribution in [-0.2, 0) is 28.7 Å². The first-order valence-corrected chi connectivity index (χ1v) is 18.2. The van der Waals surface area contributed by atoms with Crippen molar-refractivity contribution in [2.45, 2.75) is 82.7 Å². The molecule has 3 heterocycles. The van der Waals surface area contributed by atoms with Gasteiger partial charge in [-0.1, -0.05) is 49.4 Å². The molecular formula is C40H52N4O7. The van der Waals surface area contributed by atoms with Crippen LogP contribution in [0.2, 0.25) is 0 Å². The molecule has 3 aliphatic heterocycles. The summed E-state index contributed by atoms with van der Waals surface area (Å²) >= 11 is 0. The van der Waals surface area contributed by atoms with E-state index in [1.54, 1.807) is 17.1 Å². The summed E-state index contributed by atoms with van der Waals surface area (Å²) in [6, 6.07) is 14.6. The molecule has 1 spiro atoms. The van der Waals surface area contributed by atoms with Crippen LogP contribution in [-0.4, -0.2) is 90.3 Å². The summed E-state index contributed by atoms with van der Waals surface area (Å²) in [6.45, 7) is 15.0. The number of hydrogen-bond donors (Lipinski definition) is 2. The summed E-state index contributed by atoms with van der Waals surface area (Å²) < 4.78 is 12.2. The zero-order valence-corrected chi connectivity index (χ0v) is 30.0. The van der Waals surface area contributed by atoms with Gasteiger partial charge in [0.15, 0.2) is 0 Å². The number of fused-ring (bicyclic) bond motifs is 1. The second-order valence-electron chi connectivity index (χ2n) is 13.5. The number of carbonyl (C=O) groups excluding carboxylic acids is 4. The van der Waals surface area contributed by atoms with E-state index in [-0.39, 0.29) is 38.0 Å². The van der Waals surface area contributed by atoms with Crippen molar-refractivity contribution in [3.8, 4) is 0 Å². The number of hydrogen-bond acceptors (Lipinski definition) is 8. The van der Waals surface area contributed by atoms with Crippen LogP contribution in [0.4, 0.5) is 11.4 Å². The van der Waals surface area contributed by atoms with Gasteiger partial charge in [-0.25, -0.2) is 0 Å². The number of ether oxygens (including phenoxy) is 2. The van der Waals surface area contributed by atoms with Crippen LogP contribution in [0.15, 0.2) is 79.9 Å². The first kappa shape index (κ1) is 37.8. The van der Waals surface area contributed by atoms with E-state index in [1.807, 2.05) is 61.5 Å². The highest BCUT2D eigenvalue weighted by molar-refractivity contribution is 6.05. The smallest absolute Gasteiger partial charge is 0.306 e. The number of carbonyl (C=O) groups is 4. The molecule has 5 rings (SSSR count). The molecule has 0 aliphatic carbocycles. The molecule has 2 aromatic rings.